The number of furan rings is 1. The van der Waals surface area contributed by atoms with Gasteiger partial charge in [-0.3, -0.25) is 0 Å². The van der Waals surface area contributed by atoms with Gasteiger partial charge in [-0.1, -0.05) is 0 Å². The van der Waals surface area contributed by atoms with Gasteiger partial charge in [-0.25, -0.2) is 4.98 Å². The van der Waals surface area contributed by atoms with Gasteiger partial charge in [0.15, 0.2) is 0 Å². The first-order chi connectivity index (χ1) is 7.38. The van der Waals surface area contributed by atoms with Crippen LogP contribution in [0.3, 0.4) is 0 Å². The van der Waals surface area contributed by atoms with E-state index >= 15 is 0 Å². The van der Waals surface area contributed by atoms with Gasteiger partial charge in [0.1, 0.15) is 18.1 Å². The van der Waals surface area contributed by atoms with Crippen molar-refractivity contribution in [3.63, 3.8) is 0 Å². The highest BCUT2D eigenvalue weighted by Crippen LogP contribution is 2.07. The van der Waals surface area contributed by atoms with Crippen molar-refractivity contribution in [1.29, 1.82) is 0 Å². The van der Waals surface area contributed by atoms with E-state index in [1.807, 2.05) is 6.07 Å². The van der Waals surface area contributed by atoms with E-state index in [9.17, 15) is 0 Å². The number of aliphatic hydroxyl groups is 1. The van der Waals surface area contributed by atoms with Gasteiger partial charge in [0.05, 0.1) is 12.9 Å². The number of nitrogens with zero attached hydrogens (tertiary/aromatic N) is 1. The third kappa shape index (κ3) is 2.68. The van der Waals surface area contributed by atoms with Gasteiger partial charge in [-0.05, 0) is 12.1 Å². The molecule has 2 aromatic heterocycles. The first-order valence-electron chi connectivity index (χ1n) is 4.75. The maximum atomic E-state index is 8.80. The molecule has 15 heavy (non-hydrogen) atoms. The minimum atomic E-state index is -0.0550. The number of rotatable bonds is 5. The summed E-state index contributed by atoms with van der Waals surface area (Å²) in [7, 11) is 0. The molecule has 0 unspecified atom stereocenters. The Morgan fingerprint density at radius 3 is 2.87 bits per heavy atom. The highest BCUT2D eigenvalue weighted by molar-refractivity contribution is 5.06. The Labute approximate surface area is 87.2 Å². The first kappa shape index (κ1) is 9.95. The SMILES string of the molecule is OCc1ccc(CNCc2cnc[nH]2)o1. The van der Waals surface area contributed by atoms with Crippen molar-refractivity contribution < 1.29 is 9.52 Å². The fraction of sp³-hybridized carbons (Fsp3) is 0.300. The van der Waals surface area contributed by atoms with Crippen molar-refractivity contribution in [2.45, 2.75) is 19.7 Å². The van der Waals surface area contributed by atoms with Gasteiger partial charge in [0.2, 0.25) is 0 Å². The number of aliphatic hydroxyl groups excluding tert-OH is 1. The van der Waals surface area contributed by atoms with Gasteiger partial charge in [-0.2, -0.15) is 0 Å². The molecule has 0 aliphatic rings. The number of aromatic amines is 1. The average molecular weight is 207 g/mol. The number of nitrogens with one attached hydrogen (secondary N) is 2. The lowest BCUT2D eigenvalue weighted by Crippen LogP contribution is -2.12. The van der Waals surface area contributed by atoms with E-state index in [1.54, 1.807) is 18.6 Å². The van der Waals surface area contributed by atoms with E-state index in [-0.39, 0.29) is 6.61 Å². The van der Waals surface area contributed by atoms with E-state index in [0.29, 0.717) is 12.3 Å². The van der Waals surface area contributed by atoms with Crippen LogP contribution in [0.5, 0.6) is 0 Å². The predicted molar refractivity (Wildman–Crippen MR) is 53.8 cm³/mol. The summed E-state index contributed by atoms with van der Waals surface area (Å²) in [5.74, 6) is 1.41. The van der Waals surface area contributed by atoms with Crippen LogP contribution in [0.4, 0.5) is 0 Å². The van der Waals surface area contributed by atoms with Crippen LogP contribution in [0.25, 0.3) is 0 Å². The summed E-state index contributed by atoms with van der Waals surface area (Å²) in [5, 5.41) is 12.0. The average Bonchev–Trinajstić information content (AvgIpc) is 2.88. The molecule has 0 aliphatic carbocycles. The van der Waals surface area contributed by atoms with E-state index in [1.165, 1.54) is 0 Å². The highest BCUT2D eigenvalue weighted by Gasteiger charge is 2.00. The molecule has 0 saturated carbocycles. The van der Waals surface area contributed by atoms with Crippen LogP contribution in [-0.2, 0) is 19.7 Å². The number of imidazole rings is 1. The van der Waals surface area contributed by atoms with Gasteiger partial charge in [0.25, 0.3) is 0 Å². The molecule has 0 radical (unpaired) electrons. The lowest BCUT2D eigenvalue weighted by atomic mass is 10.4. The van der Waals surface area contributed by atoms with Gasteiger partial charge >= 0.3 is 0 Å². The Bertz CT molecular complexity index is 394. The minimum Gasteiger partial charge on any atom is -0.462 e. The van der Waals surface area contributed by atoms with Crippen LogP contribution in [0.1, 0.15) is 17.2 Å². The molecule has 3 N–H and O–H groups in total. The van der Waals surface area contributed by atoms with Crippen LogP contribution in [0.15, 0.2) is 29.1 Å². The van der Waals surface area contributed by atoms with Crippen molar-refractivity contribution in [3.8, 4) is 0 Å². The number of hydrogen-bond acceptors (Lipinski definition) is 4. The fourth-order valence-corrected chi connectivity index (χ4v) is 1.30. The van der Waals surface area contributed by atoms with Gasteiger partial charge in [0, 0.05) is 18.4 Å². The van der Waals surface area contributed by atoms with E-state index in [0.717, 1.165) is 18.0 Å². The van der Waals surface area contributed by atoms with Crippen molar-refractivity contribution in [3.05, 3.63) is 41.9 Å². The van der Waals surface area contributed by atoms with E-state index in [4.69, 9.17) is 9.52 Å². The Balaban J connectivity index is 1.78. The molecule has 0 aromatic carbocycles. The largest absolute Gasteiger partial charge is 0.462 e. The van der Waals surface area contributed by atoms with Gasteiger partial charge in [-0.15, -0.1) is 0 Å². The van der Waals surface area contributed by atoms with Crippen molar-refractivity contribution >= 4 is 0 Å². The molecule has 2 aromatic rings. The molecular formula is C10H13N3O2. The van der Waals surface area contributed by atoms with Gasteiger partial charge < -0.3 is 19.8 Å². The number of H-pyrrole nitrogens is 1. The molecule has 0 bridgehead atoms. The molecule has 5 nitrogen and oxygen atoms in total. The molecule has 0 aliphatic heterocycles. The standard InChI is InChI=1S/C10H13N3O2/c14-6-10-2-1-9(15-10)5-11-3-8-4-12-7-13-8/h1-2,4,7,11,14H,3,5-6H2,(H,12,13). The number of aromatic nitrogens is 2. The fourth-order valence-electron chi connectivity index (χ4n) is 1.30. The second-order valence-corrected chi connectivity index (χ2v) is 3.21. The Kier molecular flexibility index (Phi) is 3.16. The first-order valence-corrected chi connectivity index (χ1v) is 4.75. The topological polar surface area (TPSA) is 74.1 Å². The lowest BCUT2D eigenvalue weighted by molar-refractivity contribution is 0.242. The second kappa shape index (κ2) is 4.77. The Hall–Kier alpha value is -1.59. The normalized spacial score (nSPS) is 10.7. The monoisotopic (exact) mass is 207 g/mol. The molecule has 0 amide bonds. The number of hydrogen-bond donors (Lipinski definition) is 3. The van der Waals surface area contributed by atoms with Crippen molar-refractivity contribution in [1.82, 2.24) is 15.3 Å². The summed E-state index contributed by atoms with van der Waals surface area (Å²) < 4.78 is 5.31. The second-order valence-electron chi connectivity index (χ2n) is 3.21. The molecule has 0 saturated heterocycles. The van der Waals surface area contributed by atoms with Crippen molar-refractivity contribution in [2.75, 3.05) is 0 Å². The minimum absolute atomic E-state index is 0.0550. The summed E-state index contributed by atoms with van der Waals surface area (Å²) in [6, 6.07) is 3.62. The summed E-state index contributed by atoms with van der Waals surface area (Å²) in [6.07, 6.45) is 3.42. The summed E-state index contributed by atoms with van der Waals surface area (Å²) in [5.41, 5.74) is 1.03. The Morgan fingerprint density at radius 2 is 2.20 bits per heavy atom. The zero-order valence-corrected chi connectivity index (χ0v) is 8.23. The smallest absolute Gasteiger partial charge is 0.129 e. The third-order valence-corrected chi connectivity index (χ3v) is 2.04. The molecule has 0 atom stereocenters. The zero-order chi connectivity index (χ0) is 10.5. The molecule has 0 fully saturated rings. The quantitative estimate of drug-likeness (QED) is 0.677. The van der Waals surface area contributed by atoms with Crippen LogP contribution >= 0.6 is 0 Å². The molecule has 2 rings (SSSR count). The maximum absolute atomic E-state index is 8.80. The maximum Gasteiger partial charge on any atom is 0.129 e. The summed E-state index contributed by atoms with van der Waals surface area (Å²) in [4.78, 5) is 6.91. The molecule has 2 heterocycles. The van der Waals surface area contributed by atoms with Crippen LogP contribution in [0, 0.1) is 0 Å². The molecule has 5 heteroatoms. The predicted octanol–water partition coefficient (Wildman–Crippen LogP) is 0.785. The van der Waals surface area contributed by atoms with E-state index in [2.05, 4.69) is 15.3 Å². The molecule has 0 spiro atoms. The highest BCUT2D eigenvalue weighted by atomic mass is 16.4. The van der Waals surface area contributed by atoms with Crippen LogP contribution in [0.2, 0.25) is 0 Å². The zero-order valence-electron chi connectivity index (χ0n) is 8.23. The molecule has 80 valence electrons. The summed E-state index contributed by atoms with van der Waals surface area (Å²) in [6.45, 7) is 1.30. The van der Waals surface area contributed by atoms with Crippen molar-refractivity contribution in [2.24, 2.45) is 0 Å². The van der Waals surface area contributed by atoms with E-state index < -0.39 is 0 Å². The third-order valence-electron chi connectivity index (χ3n) is 2.04. The Morgan fingerprint density at radius 1 is 1.33 bits per heavy atom. The molecular weight excluding hydrogens is 194 g/mol. The lowest BCUT2D eigenvalue weighted by Gasteiger charge is -1.99. The summed E-state index contributed by atoms with van der Waals surface area (Å²) >= 11 is 0. The van der Waals surface area contributed by atoms with Crippen LogP contribution < -0.4 is 5.32 Å². The van der Waals surface area contributed by atoms with Crippen LogP contribution in [-0.4, -0.2) is 15.1 Å².